The van der Waals surface area contributed by atoms with E-state index in [1.54, 1.807) is 24.3 Å². The molecule has 28 heavy (non-hydrogen) atoms. The first kappa shape index (κ1) is 21.9. The average molecular weight is 403 g/mol. The van der Waals surface area contributed by atoms with Gasteiger partial charge in [0.15, 0.2) is 5.78 Å². The number of carbonyl (C=O) groups is 2. The van der Waals surface area contributed by atoms with Crippen LogP contribution in [-0.2, 0) is 4.79 Å². The first-order chi connectivity index (χ1) is 13.4. The molecule has 0 spiro atoms. The van der Waals surface area contributed by atoms with Crippen LogP contribution in [0.15, 0.2) is 48.5 Å². The summed E-state index contributed by atoms with van der Waals surface area (Å²) in [7, 11) is 3.88. The Morgan fingerprint density at radius 3 is 2.36 bits per heavy atom. The van der Waals surface area contributed by atoms with Crippen LogP contribution in [0.25, 0.3) is 0 Å². The van der Waals surface area contributed by atoms with Gasteiger partial charge in [-0.1, -0.05) is 29.8 Å². The summed E-state index contributed by atoms with van der Waals surface area (Å²) in [5.74, 6) is 0.512. The lowest BCUT2D eigenvalue weighted by Crippen LogP contribution is -2.34. The number of nitrogens with one attached hydrogen (secondary N) is 1. The van der Waals surface area contributed by atoms with Gasteiger partial charge in [0, 0.05) is 30.0 Å². The zero-order chi connectivity index (χ0) is 20.5. The van der Waals surface area contributed by atoms with Crippen LogP contribution < -0.4 is 10.1 Å². The van der Waals surface area contributed by atoms with Crippen LogP contribution >= 0.6 is 11.6 Å². The summed E-state index contributed by atoms with van der Waals surface area (Å²) in [6, 6.07) is 14.5. The van der Waals surface area contributed by atoms with E-state index in [1.807, 2.05) is 50.2 Å². The number of ether oxygens (including phenoxy) is 1. The highest BCUT2D eigenvalue weighted by atomic mass is 35.5. The van der Waals surface area contributed by atoms with Gasteiger partial charge in [0.25, 0.3) is 0 Å². The summed E-state index contributed by atoms with van der Waals surface area (Å²) < 4.78 is 5.37. The van der Waals surface area contributed by atoms with Gasteiger partial charge in [-0.15, -0.1) is 0 Å². The minimum absolute atomic E-state index is 0.0422. The van der Waals surface area contributed by atoms with Crippen molar-refractivity contribution in [3.05, 3.63) is 64.7 Å². The maximum Gasteiger partial charge on any atom is 0.220 e. The molecule has 1 amide bonds. The van der Waals surface area contributed by atoms with E-state index in [0.29, 0.717) is 23.7 Å². The van der Waals surface area contributed by atoms with Crippen molar-refractivity contribution in [1.29, 1.82) is 0 Å². The summed E-state index contributed by atoms with van der Waals surface area (Å²) in [5.41, 5.74) is 1.54. The van der Waals surface area contributed by atoms with Crippen molar-refractivity contribution in [1.82, 2.24) is 10.2 Å². The molecular formula is C22H27ClN2O3. The van der Waals surface area contributed by atoms with Crippen molar-refractivity contribution in [2.75, 3.05) is 27.2 Å². The molecule has 0 saturated heterocycles. The van der Waals surface area contributed by atoms with Crippen LogP contribution in [0.1, 0.15) is 41.7 Å². The highest BCUT2D eigenvalue weighted by Crippen LogP contribution is 2.25. The molecule has 0 radical (unpaired) electrons. The molecule has 0 fully saturated rings. The molecule has 2 aromatic rings. The zero-order valence-electron chi connectivity index (χ0n) is 16.6. The Bertz CT molecular complexity index is 791. The third kappa shape index (κ3) is 6.36. The van der Waals surface area contributed by atoms with Gasteiger partial charge in [-0.05, 0) is 56.9 Å². The van der Waals surface area contributed by atoms with Crippen LogP contribution in [-0.4, -0.2) is 43.8 Å². The lowest BCUT2D eigenvalue weighted by atomic mass is 10.0. The molecule has 6 heteroatoms. The Morgan fingerprint density at radius 2 is 1.75 bits per heavy atom. The van der Waals surface area contributed by atoms with Gasteiger partial charge in [0.05, 0.1) is 12.6 Å². The Balaban J connectivity index is 1.85. The van der Waals surface area contributed by atoms with Crippen molar-refractivity contribution in [3.63, 3.8) is 0 Å². The topological polar surface area (TPSA) is 58.6 Å². The molecule has 2 rings (SSSR count). The minimum atomic E-state index is -0.154. The van der Waals surface area contributed by atoms with Crippen molar-refractivity contribution < 1.29 is 14.3 Å². The van der Waals surface area contributed by atoms with Gasteiger partial charge in [0.2, 0.25) is 5.91 Å². The highest BCUT2D eigenvalue weighted by Gasteiger charge is 2.18. The number of halogens is 1. The molecule has 0 aliphatic heterocycles. The summed E-state index contributed by atoms with van der Waals surface area (Å²) in [5, 5.41) is 3.58. The molecular weight excluding hydrogens is 376 g/mol. The molecule has 2 aromatic carbocycles. The van der Waals surface area contributed by atoms with Crippen molar-refractivity contribution in [2.24, 2.45) is 0 Å². The molecule has 1 atom stereocenters. The summed E-state index contributed by atoms with van der Waals surface area (Å²) in [4.78, 5) is 26.5. The molecule has 0 aliphatic rings. The van der Waals surface area contributed by atoms with Crippen LogP contribution in [0, 0.1) is 0 Å². The largest absolute Gasteiger partial charge is 0.494 e. The van der Waals surface area contributed by atoms with Crippen molar-refractivity contribution in [2.45, 2.75) is 25.8 Å². The van der Waals surface area contributed by atoms with E-state index in [0.717, 1.165) is 11.3 Å². The van der Waals surface area contributed by atoms with Crippen LogP contribution in [0.5, 0.6) is 5.75 Å². The molecule has 0 bridgehead atoms. The average Bonchev–Trinajstić information content (AvgIpc) is 2.68. The monoisotopic (exact) mass is 402 g/mol. The van der Waals surface area contributed by atoms with Crippen LogP contribution in [0.2, 0.25) is 5.02 Å². The summed E-state index contributed by atoms with van der Waals surface area (Å²) in [6.45, 7) is 2.91. The van der Waals surface area contributed by atoms with Crippen molar-refractivity contribution >= 4 is 23.3 Å². The number of Topliss-reactive ketones (excluding diaryl/α,β-unsaturated/α-hetero) is 1. The second-order valence-electron chi connectivity index (χ2n) is 6.69. The maximum atomic E-state index is 12.3. The predicted molar refractivity (Wildman–Crippen MR) is 112 cm³/mol. The third-order valence-electron chi connectivity index (χ3n) is 4.45. The molecule has 150 valence electrons. The number of nitrogens with zero attached hydrogens (tertiary/aromatic N) is 1. The Kier molecular flexibility index (Phi) is 8.48. The van der Waals surface area contributed by atoms with E-state index in [-0.39, 0.29) is 30.6 Å². The van der Waals surface area contributed by atoms with Gasteiger partial charge in [-0.2, -0.15) is 0 Å². The number of carbonyl (C=O) groups excluding carboxylic acids is 2. The third-order valence-corrected chi connectivity index (χ3v) is 4.79. The summed E-state index contributed by atoms with van der Waals surface area (Å²) >= 11 is 6.29. The standard InChI is InChI=1S/C22H27ClN2O3/c1-4-28-17-11-9-16(10-12-17)21(26)13-14-22(27)24-15-20(25(2)3)18-7-5-6-8-19(18)23/h5-12,20H,4,13-15H2,1-3H3,(H,24,27)/t20-/m0/s1. The minimum Gasteiger partial charge on any atom is -0.494 e. The lowest BCUT2D eigenvalue weighted by molar-refractivity contribution is -0.121. The lowest BCUT2D eigenvalue weighted by Gasteiger charge is -2.26. The number of hydrogen-bond acceptors (Lipinski definition) is 4. The number of ketones is 1. The second kappa shape index (κ2) is 10.8. The van der Waals surface area contributed by atoms with E-state index in [1.165, 1.54) is 0 Å². The number of hydrogen-bond donors (Lipinski definition) is 1. The number of rotatable bonds is 10. The quantitative estimate of drug-likeness (QED) is 0.607. The first-order valence-corrected chi connectivity index (χ1v) is 9.73. The van der Waals surface area contributed by atoms with Crippen LogP contribution in [0.4, 0.5) is 0 Å². The highest BCUT2D eigenvalue weighted by molar-refractivity contribution is 6.31. The smallest absolute Gasteiger partial charge is 0.220 e. The Labute approximate surface area is 171 Å². The van der Waals surface area contributed by atoms with E-state index in [9.17, 15) is 9.59 Å². The normalized spacial score (nSPS) is 11.9. The predicted octanol–water partition coefficient (Wildman–Crippen LogP) is 4.12. The van der Waals surface area contributed by atoms with E-state index < -0.39 is 0 Å². The maximum absolute atomic E-state index is 12.3. The number of likely N-dealkylation sites (N-methyl/N-ethyl adjacent to an activating group) is 1. The fourth-order valence-corrected chi connectivity index (χ4v) is 3.15. The zero-order valence-corrected chi connectivity index (χ0v) is 17.3. The van der Waals surface area contributed by atoms with Gasteiger partial charge in [0.1, 0.15) is 5.75 Å². The van der Waals surface area contributed by atoms with Gasteiger partial charge >= 0.3 is 0 Å². The molecule has 0 aromatic heterocycles. The molecule has 0 heterocycles. The van der Waals surface area contributed by atoms with Gasteiger partial charge in [-0.3, -0.25) is 9.59 Å². The van der Waals surface area contributed by atoms with Crippen molar-refractivity contribution in [3.8, 4) is 5.75 Å². The first-order valence-electron chi connectivity index (χ1n) is 9.36. The Hall–Kier alpha value is -2.37. The molecule has 0 aliphatic carbocycles. The van der Waals surface area contributed by atoms with Gasteiger partial charge in [-0.25, -0.2) is 0 Å². The number of benzene rings is 2. The van der Waals surface area contributed by atoms with E-state index in [2.05, 4.69) is 5.32 Å². The molecule has 0 saturated carbocycles. The molecule has 5 nitrogen and oxygen atoms in total. The number of amides is 1. The fraction of sp³-hybridized carbons (Fsp3) is 0.364. The SMILES string of the molecule is CCOc1ccc(C(=O)CCC(=O)NC[C@@H](c2ccccc2Cl)N(C)C)cc1. The van der Waals surface area contributed by atoms with E-state index >= 15 is 0 Å². The van der Waals surface area contributed by atoms with Gasteiger partial charge < -0.3 is 15.0 Å². The fourth-order valence-electron chi connectivity index (χ4n) is 2.89. The van der Waals surface area contributed by atoms with E-state index in [4.69, 9.17) is 16.3 Å². The second-order valence-corrected chi connectivity index (χ2v) is 7.09. The Morgan fingerprint density at radius 1 is 1.07 bits per heavy atom. The summed E-state index contributed by atoms with van der Waals surface area (Å²) in [6.07, 6.45) is 0.313. The molecule has 1 N–H and O–H groups in total. The van der Waals surface area contributed by atoms with Crippen LogP contribution in [0.3, 0.4) is 0 Å². The molecule has 0 unspecified atom stereocenters.